The Morgan fingerprint density at radius 1 is 1.44 bits per heavy atom. The Hall–Kier alpha value is -2.60. The molecule has 0 bridgehead atoms. The minimum Gasteiger partial charge on any atom is -0.464 e. The molecule has 2 aliphatic heterocycles. The van der Waals surface area contributed by atoms with Crippen LogP contribution in [0.3, 0.4) is 0 Å². The number of thiazole rings is 1. The molecule has 0 radical (unpaired) electrons. The monoisotopic (exact) mass is 411 g/mol. The van der Waals surface area contributed by atoms with Crippen molar-refractivity contribution in [1.29, 1.82) is 0 Å². The van der Waals surface area contributed by atoms with E-state index in [1.165, 1.54) is 30.9 Å². The summed E-state index contributed by atoms with van der Waals surface area (Å²) in [4.78, 5) is 47.3. The summed E-state index contributed by atoms with van der Waals surface area (Å²) in [6, 6.07) is -0.798. The first-order chi connectivity index (χ1) is 12.9. The lowest BCUT2D eigenvalue weighted by Gasteiger charge is -2.49. The maximum absolute atomic E-state index is 12.6. The van der Waals surface area contributed by atoms with Crippen LogP contribution >= 0.6 is 23.1 Å². The van der Waals surface area contributed by atoms with Crippen molar-refractivity contribution in [3.63, 3.8) is 0 Å². The number of fused-ring (bicyclic) bond motifs is 1. The lowest BCUT2D eigenvalue weighted by atomic mass is 10.0. The average Bonchev–Trinajstić information content (AvgIpc) is 3.08. The van der Waals surface area contributed by atoms with Crippen molar-refractivity contribution in [3.05, 3.63) is 22.3 Å². The maximum Gasteiger partial charge on any atom is 0.354 e. The second-order valence-electron chi connectivity index (χ2n) is 5.67. The molecular formula is C15H17N5O5S2. The highest BCUT2D eigenvalue weighted by molar-refractivity contribution is 8.00. The number of oxime groups is 1. The van der Waals surface area contributed by atoms with Crippen LogP contribution in [0, 0.1) is 0 Å². The summed E-state index contributed by atoms with van der Waals surface area (Å²) in [7, 11) is 2.56. The van der Waals surface area contributed by atoms with E-state index >= 15 is 0 Å². The number of hydrogen-bond acceptors (Lipinski definition) is 10. The fourth-order valence-electron chi connectivity index (χ4n) is 2.76. The first-order valence-corrected chi connectivity index (χ1v) is 9.68. The number of methoxy groups -OCH3 is 1. The molecule has 2 amide bonds. The van der Waals surface area contributed by atoms with Crippen LogP contribution in [0.1, 0.15) is 12.6 Å². The van der Waals surface area contributed by atoms with Crippen LogP contribution in [0.2, 0.25) is 0 Å². The lowest BCUT2D eigenvalue weighted by molar-refractivity contribution is -0.151. The van der Waals surface area contributed by atoms with E-state index in [1.807, 2.05) is 0 Å². The van der Waals surface area contributed by atoms with Crippen LogP contribution in [0.15, 0.2) is 21.8 Å². The molecule has 0 spiro atoms. The van der Waals surface area contributed by atoms with Gasteiger partial charge in [0.25, 0.3) is 11.8 Å². The number of carbonyl (C=O) groups excluding carboxylic acids is 3. The number of anilines is 1. The quantitative estimate of drug-likeness (QED) is 0.297. The molecule has 12 heteroatoms. The number of aromatic nitrogens is 1. The molecule has 1 fully saturated rings. The van der Waals surface area contributed by atoms with Gasteiger partial charge in [0.05, 0.1) is 7.11 Å². The Labute approximate surface area is 162 Å². The van der Waals surface area contributed by atoms with E-state index < -0.39 is 29.2 Å². The SMILES string of the molecule is CO/N=C(/C(=O)NC1C(=O)N2C(C(=O)OC)=C(C)CSC12)c1csc(N)n1. The number of thioether (sulfide) groups is 1. The predicted octanol–water partition coefficient (Wildman–Crippen LogP) is -0.0773. The number of nitrogens with two attached hydrogens (primary N) is 1. The summed E-state index contributed by atoms with van der Waals surface area (Å²) in [5, 5.41) is 7.78. The lowest BCUT2D eigenvalue weighted by Crippen LogP contribution is -2.71. The van der Waals surface area contributed by atoms with Crippen molar-refractivity contribution < 1.29 is 24.0 Å². The van der Waals surface area contributed by atoms with Gasteiger partial charge in [-0.25, -0.2) is 9.78 Å². The van der Waals surface area contributed by atoms with Gasteiger partial charge < -0.3 is 20.6 Å². The van der Waals surface area contributed by atoms with Gasteiger partial charge in [-0.1, -0.05) is 5.16 Å². The Balaban J connectivity index is 1.78. The van der Waals surface area contributed by atoms with Crippen LogP contribution in [-0.2, 0) is 24.0 Å². The zero-order valence-electron chi connectivity index (χ0n) is 14.7. The van der Waals surface area contributed by atoms with Gasteiger partial charge in [0.1, 0.15) is 29.9 Å². The Morgan fingerprint density at radius 2 is 2.19 bits per heavy atom. The number of esters is 1. The van der Waals surface area contributed by atoms with Gasteiger partial charge in [-0.3, -0.25) is 14.5 Å². The Bertz CT molecular complexity index is 865. The molecule has 1 aromatic rings. The van der Waals surface area contributed by atoms with Crippen LogP contribution < -0.4 is 11.1 Å². The molecule has 10 nitrogen and oxygen atoms in total. The minimum absolute atomic E-state index is 0.0857. The van der Waals surface area contributed by atoms with Crippen molar-refractivity contribution in [2.75, 3.05) is 25.7 Å². The average molecular weight is 411 g/mol. The first-order valence-electron chi connectivity index (χ1n) is 7.75. The third kappa shape index (κ3) is 3.37. The number of nitrogen functional groups attached to an aromatic ring is 1. The maximum atomic E-state index is 12.6. The van der Waals surface area contributed by atoms with Crippen LogP contribution in [0.5, 0.6) is 0 Å². The number of nitrogens with one attached hydrogen (secondary N) is 1. The van der Waals surface area contributed by atoms with Crippen molar-refractivity contribution in [2.24, 2.45) is 5.16 Å². The van der Waals surface area contributed by atoms with E-state index in [0.29, 0.717) is 5.75 Å². The molecule has 2 atom stereocenters. The molecule has 0 aromatic carbocycles. The number of hydrogen-bond donors (Lipinski definition) is 2. The van der Waals surface area contributed by atoms with Gasteiger partial charge in [-0.2, -0.15) is 0 Å². The molecule has 27 heavy (non-hydrogen) atoms. The molecule has 3 rings (SSSR count). The summed E-state index contributed by atoms with van der Waals surface area (Å²) in [5.74, 6) is -1.04. The second kappa shape index (κ2) is 7.56. The van der Waals surface area contributed by atoms with Gasteiger partial charge in [-0.15, -0.1) is 23.1 Å². The fourth-order valence-corrected chi connectivity index (χ4v) is 4.60. The van der Waals surface area contributed by atoms with Gasteiger partial charge in [0.2, 0.25) is 0 Å². The highest BCUT2D eigenvalue weighted by atomic mass is 32.2. The number of amides is 2. The zero-order valence-corrected chi connectivity index (χ0v) is 16.3. The summed E-state index contributed by atoms with van der Waals surface area (Å²) >= 11 is 2.60. The molecule has 3 heterocycles. The van der Waals surface area contributed by atoms with Gasteiger partial charge >= 0.3 is 5.97 Å². The molecule has 2 aliphatic rings. The minimum atomic E-state index is -0.798. The van der Waals surface area contributed by atoms with E-state index in [2.05, 4.69) is 15.5 Å². The smallest absolute Gasteiger partial charge is 0.354 e. The molecule has 1 aromatic heterocycles. The van der Waals surface area contributed by atoms with Crippen molar-refractivity contribution in [2.45, 2.75) is 18.3 Å². The van der Waals surface area contributed by atoms with Crippen molar-refractivity contribution in [3.8, 4) is 0 Å². The van der Waals surface area contributed by atoms with Crippen molar-refractivity contribution >= 4 is 51.7 Å². The van der Waals surface area contributed by atoms with E-state index in [4.69, 9.17) is 15.3 Å². The Kier molecular flexibility index (Phi) is 5.37. The molecule has 0 saturated carbocycles. The molecule has 3 N–H and O–H groups in total. The number of rotatable bonds is 5. The van der Waals surface area contributed by atoms with Crippen LogP contribution in [0.4, 0.5) is 5.13 Å². The predicted molar refractivity (Wildman–Crippen MR) is 99.8 cm³/mol. The largest absolute Gasteiger partial charge is 0.464 e. The summed E-state index contributed by atoms with van der Waals surface area (Å²) in [6.07, 6.45) is 0. The van der Waals surface area contributed by atoms with Crippen molar-refractivity contribution in [1.82, 2.24) is 15.2 Å². The van der Waals surface area contributed by atoms with E-state index in [1.54, 1.807) is 12.3 Å². The molecule has 1 saturated heterocycles. The number of ether oxygens (including phenoxy) is 1. The highest BCUT2D eigenvalue weighted by Crippen LogP contribution is 2.40. The topological polar surface area (TPSA) is 136 Å². The fraction of sp³-hybridized carbons (Fsp3) is 0.400. The number of nitrogens with zero attached hydrogens (tertiary/aromatic N) is 3. The molecular weight excluding hydrogens is 394 g/mol. The second-order valence-corrected chi connectivity index (χ2v) is 7.67. The standard InChI is InChI=1S/C15H17N5O5S2/c1-6-4-26-13-9(12(22)20(13)10(6)14(23)24-2)18-11(21)8(19-25-3)7-5-27-15(16)17-7/h5,9,13H,4H2,1-3H3,(H2,16,17)(H,18,21)/b19-8+. The highest BCUT2D eigenvalue weighted by Gasteiger charge is 2.54. The number of carbonyl (C=O) groups is 3. The summed E-state index contributed by atoms with van der Waals surface area (Å²) in [5.41, 5.74) is 6.75. The molecule has 144 valence electrons. The van der Waals surface area contributed by atoms with E-state index in [9.17, 15) is 14.4 Å². The van der Waals surface area contributed by atoms with E-state index in [0.717, 1.165) is 16.9 Å². The van der Waals surface area contributed by atoms with Gasteiger partial charge in [0, 0.05) is 11.1 Å². The summed E-state index contributed by atoms with van der Waals surface area (Å²) in [6.45, 7) is 1.77. The van der Waals surface area contributed by atoms with Gasteiger partial charge in [-0.05, 0) is 12.5 Å². The van der Waals surface area contributed by atoms with Gasteiger partial charge in [0.15, 0.2) is 10.8 Å². The number of β-lactam (4-membered cyclic amide) rings is 1. The third-order valence-electron chi connectivity index (χ3n) is 3.99. The summed E-state index contributed by atoms with van der Waals surface area (Å²) < 4.78 is 4.77. The Morgan fingerprint density at radius 3 is 2.78 bits per heavy atom. The molecule has 2 unspecified atom stereocenters. The normalized spacial score (nSPS) is 22.1. The molecule has 0 aliphatic carbocycles. The zero-order chi connectivity index (χ0) is 19.7. The van der Waals surface area contributed by atoms with Crippen LogP contribution in [0.25, 0.3) is 0 Å². The van der Waals surface area contributed by atoms with E-state index in [-0.39, 0.29) is 22.2 Å². The third-order valence-corrected chi connectivity index (χ3v) is 6.08. The first kappa shape index (κ1) is 19.2. The van der Waals surface area contributed by atoms with Crippen LogP contribution in [-0.4, -0.2) is 64.8 Å².